The SMILES string of the molecule is CCc1ccc(N2C(=S)N[C@H](c3ccccn3)[C@H]2c2cc(C)n(-c3ccc(C)cc3)c2C)cc1. The third kappa shape index (κ3) is 3.90. The first kappa shape index (κ1) is 22.4. The van der Waals surface area contributed by atoms with Crippen LogP contribution < -0.4 is 10.2 Å². The molecule has 0 spiro atoms. The van der Waals surface area contributed by atoms with Crippen LogP contribution in [-0.2, 0) is 6.42 Å². The largest absolute Gasteiger partial charge is 0.351 e. The highest BCUT2D eigenvalue weighted by Gasteiger charge is 2.42. The summed E-state index contributed by atoms with van der Waals surface area (Å²) in [5.74, 6) is 0. The van der Waals surface area contributed by atoms with Gasteiger partial charge in [-0.15, -0.1) is 0 Å². The molecule has 1 aliphatic rings. The fourth-order valence-electron chi connectivity index (χ4n) is 5.02. The Balaban J connectivity index is 1.66. The van der Waals surface area contributed by atoms with Gasteiger partial charge in [-0.3, -0.25) is 4.98 Å². The third-order valence-electron chi connectivity index (χ3n) is 6.80. The molecule has 0 saturated carbocycles. The van der Waals surface area contributed by atoms with Crippen LogP contribution in [0.25, 0.3) is 5.69 Å². The van der Waals surface area contributed by atoms with Crippen LogP contribution in [0.15, 0.2) is 79.0 Å². The second-order valence-electron chi connectivity index (χ2n) is 9.01. The molecule has 3 heterocycles. The van der Waals surface area contributed by atoms with Gasteiger partial charge in [0.2, 0.25) is 0 Å². The van der Waals surface area contributed by atoms with Crippen LogP contribution in [-0.4, -0.2) is 14.7 Å². The van der Waals surface area contributed by atoms with Crippen LogP contribution in [0.5, 0.6) is 0 Å². The summed E-state index contributed by atoms with van der Waals surface area (Å²) in [6, 6.07) is 25.8. The molecule has 4 nitrogen and oxygen atoms in total. The van der Waals surface area contributed by atoms with Crippen LogP contribution in [0.3, 0.4) is 0 Å². The second-order valence-corrected chi connectivity index (χ2v) is 9.40. The van der Waals surface area contributed by atoms with Crippen molar-refractivity contribution in [2.24, 2.45) is 0 Å². The summed E-state index contributed by atoms with van der Waals surface area (Å²) in [6.07, 6.45) is 2.87. The van der Waals surface area contributed by atoms with E-state index >= 15 is 0 Å². The maximum atomic E-state index is 5.91. The lowest BCUT2D eigenvalue weighted by atomic mass is 9.96. The molecule has 1 aliphatic heterocycles. The van der Waals surface area contributed by atoms with Crippen LogP contribution in [0, 0.1) is 20.8 Å². The van der Waals surface area contributed by atoms with Gasteiger partial charge in [0.15, 0.2) is 5.11 Å². The molecule has 0 radical (unpaired) electrons. The van der Waals surface area contributed by atoms with Crippen molar-refractivity contribution in [1.82, 2.24) is 14.9 Å². The highest BCUT2D eigenvalue weighted by molar-refractivity contribution is 7.80. The van der Waals surface area contributed by atoms with Gasteiger partial charge in [-0.1, -0.05) is 42.8 Å². The molecule has 0 aliphatic carbocycles. The zero-order valence-electron chi connectivity index (χ0n) is 20.1. The minimum absolute atomic E-state index is 0.0136. The Kier molecular flexibility index (Phi) is 5.96. The lowest BCUT2D eigenvalue weighted by Gasteiger charge is -2.28. The molecule has 0 unspecified atom stereocenters. The summed E-state index contributed by atoms with van der Waals surface area (Å²) >= 11 is 5.91. The number of aryl methyl sites for hydroxylation is 3. The Morgan fingerprint density at radius 1 is 0.912 bits per heavy atom. The summed E-state index contributed by atoms with van der Waals surface area (Å²) in [6.45, 7) is 8.68. The van der Waals surface area contributed by atoms with Crippen molar-refractivity contribution in [3.05, 3.63) is 113 Å². The molecule has 1 saturated heterocycles. The van der Waals surface area contributed by atoms with Gasteiger partial charge in [0.25, 0.3) is 0 Å². The topological polar surface area (TPSA) is 33.1 Å². The van der Waals surface area contributed by atoms with E-state index in [4.69, 9.17) is 17.2 Å². The van der Waals surface area contributed by atoms with Gasteiger partial charge in [0.1, 0.15) is 0 Å². The quantitative estimate of drug-likeness (QED) is 0.339. The first-order valence-corrected chi connectivity index (χ1v) is 12.2. The van der Waals surface area contributed by atoms with Gasteiger partial charge < -0.3 is 14.8 Å². The Bertz CT molecular complexity index is 1310. The molecule has 2 aromatic carbocycles. The Labute approximate surface area is 207 Å². The first-order chi connectivity index (χ1) is 16.5. The lowest BCUT2D eigenvalue weighted by molar-refractivity contribution is 0.565. The van der Waals surface area contributed by atoms with Gasteiger partial charge in [0, 0.05) is 29.0 Å². The number of hydrogen-bond donors (Lipinski definition) is 1. The summed E-state index contributed by atoms with van der Waals surface area (Å²) < 4.78 is 2.34. The van der Waals surface area contributed by atoms with Gasteiger partial charge in [-0.05, 0) is 93.0 Å². The van der Waals surface area contributed by atoms with Gasteiger partial charge in [-0.2, -0.15) is 0 Å². The van der Waals surface area contributed by atoms with E-state index in [9.17, 15) is 0 Å². The van der Waals surface area contributed by atoms with Crippen LogP contribution in [0.1, 0.15) is 52.8 Å². The van der Waals surface area contributed by atoms with E-state index in [0.29, 0.717) is 0 Å². The van der Waals surface area contributed by atoms with E-state index in [0.717, 1.165) is 22.9 Å². The normalized spacial score (nSPS) is 17.8. The Morgan fingerprint density at radius 3 is 2.26 bits per heavy atom. The lowest BCUT2D eigenvalue weighted by Crippen LogP contribution is -2.29. The molecule has 0 bridgehead atoms. The highest BCUT2D eigenvalue weighted by Crippen LogP contribution is 2.43. The van der Waals surface area contributed by atoms with Crippen molar-refractivity contribution in [1.29, 1.82) is 0 Å². The summed E-state index contributed by atoms with van der Waals surface area (Å²) in [5, 5.41) is 4.31. The Morgan fingerprint density at radius 2 is 1.62 bits per heavy atom. The molecular formula is C29H30N4S. The maximum Gasteiger partial charge on any atom is 0.174 e. The molecule has 0 amide bonds. The molecule has 4 aromatic rings. The predicted molar refractivity (Wildman–Crippen MR) is 144 cm³/mol. The number of aromatic nitrogens is 2. The van der Waals surface area contributed by atoms with Gasteiger partial charge in [0.05, 0.1) is 17.8 Å². The number of rotatable bonds is 5. The van der Waals surface area contributed by atoms with Crippen molar-refractivity contribution in [2.75, 3.05) is 4.90 Å². The number of benzene rings is 2. The summed E-state index contributed by atoms with van der Waals surface area (Å²) in [7, 11) is 0. The van der Waals surface area contributed by atoms with Crippen LogP contribution in [0.2, 0.25) is 0 Å². The zero-order chi connectivity index (χ0) is 23.8. The van der Waals surface area contributed by atoms with E-state index in [2.05, 4.69) is 103 Å². The highest BCUT2D eigenvalue weighted by atomic mass is 32.1. The van der Waals surface area contributed by atoms with Gasteiger partial charge in [-0.25, -0.2) is 0 Å². The molecule has 5 rings (SSSR count). The zero-order valence-corrected chi connectivity index (χ0v) is 20.9. The minimum atomic E-state index is -0.0495. The van der Waals surface area contributed by atoms with Crippen LogP contribution in [0.4, 0.5) is 5.69 Å². The summed E-state index contributed by atoms with van der Waals surface area (Å²) in [4.78, 5) is 6.96. The average molecular weight is 467 g/mol. The average Bonchev–Trinajstić information content (AvgIpc) is 3.35. The van der Waals surface area contributed by atoms with E-state index in [1.165, 1.54) is 33.8 Å². The fourth-order valence-corrected chi connectivity index (χ4v) is 5.37. The first-order valence-electron chi connectivity index (χ1n) is 11.8. The van der Waals surface area contributed by atoms with Crippen molar-refractivity contribution >= 4 is 23.0 Å². The van der Waals surface area contributed by atoms with E-state index in [1.54, 1.807) is 0 Å². The van der Waals surface area contributed by atoms with Crippen molar-refractivity contribution < 1.29 is 0 Å². The van der Waals surface area contributed by atoms with Crippen LogP contribution >= 0.6 is 12.2 Å². The number of pyridine rings is 1. The van der Waals surface area contributed by atoms with E-state index < -0.39 is 0 Å². The fraction of sp³-hybridized carbons (Fsp3) is 0.241. The molecular weight excluding hydrogens is 436 g/mol. The smallest absolute Gasteiger partial charge is 0.174 e. The van der Waals surface area contributed by atoms with Crippen molar-refractivity contribution in [3.63, 3.8) is 0 Å². The van der Waals surface area contributed by atoms with E-state index in [-0.39, 0.29) is 12.1 Å². The van der Waals surface area contributed by atoms with E-state index in [1.807, 2.05) is 18.3 Å². The number of nitrogens with zero attached hydrogens (tertiary/aromatic N) is 3. The predicted octanol–water partition coefficient (Wildman–Crippen LogP) is 6.54. The minimum Gasteiger partial charge on any atom is -0.351 e. The maximum absolute atomic E-state index is 5.91. The molecule has 2 atom stereocenters. The molecule has 5 heteroatoms. The van der Waals surface area contributed by atoms with Crippen molar-refractivity contribution in [2.45, 2.75) is 46.2 Å². The number of hydrogen-bond acceptors (Lipinski definition) is 2. The number of nitrogens with one attached hydrogen (secondary N) is 1. The molecule has 1 fully saturated rings. The molecule has 1 N–H and O–H groups in total. The van der Waals surface area contributed by atoms with Gasteiger partial charge >= 0.3 is 0 Å². The molecule has 34 heavy (non-hydrogen) atoms. The monoisotopic (exact) mass is 466 g/mol. The summed E-state index contributed by atoms with van der Waals surface area (Å²) in [5.41, 5.74) is 9.50. The number of thiocarbonyl (C=S) groups is 1. The molecule has 2 aromatic heterocycles. The molecule has 172 valence electrons. The standard InChI is InChI=1S/C29H30N4S/c1-5-22-11-15-24(16-12-22)33-28(27(31-29(33)34)26-8-6-7-17-30-26)25-18-20(3)32(21(25)4)23-13-9-19(2)10-14-23/h6-18,27-28H,5H2,1-4H3,(H,31,34)/t27-,28-/m1/s1. The second kappa shape index (κ2) is 9.07. The number of anilines is 1. The van der Waals surface area contributed by atoms with Crippen molar-refractivity contribution in [3.8, 4) is 5.69 Å². The Hall–Kier alpha value is -3.44. The third-order valence-corrected chi connectivity index (χ3v) is 7.12.